The molecule has 0 atom stereocenters. The fourth-order valence-electron chi connectivity index (χ4n) is 6.29. The Labute approximate surface area is 226 Å². The normalized spacial score (nSPS) is 16.6. The van der Waals surface area contributed by atoms with Crippen molar-refractivity contribution < 1.29 is 13.1 Å². The molecule has 0 bridgehead atoms. The van der Waals surface area contributed by atoms with E-state index < -0.39 is 6.97 Å². The minimum Gasteiger partial charge on any atom is -0.389 e. The zero-order valence-electron chi connectivity index (χ0n) is 22.3. The zero-order valence-corrected chi connectivity index (χ0v) is 22.3. The van der Waals surface area contributed by atoms with Crippen molar-refractivity contribution in [3.63, 3.8) is 0 Å². The summed E-state index contributed by atoms with van der Waals surface area (Å²) in [6.45, 7) is 3.50. The maximum atomic E-state index is 17.3. The average Bonchev–Trinajstić information content (AvgIpc) is 3.44. The van der Waals surface area contributed by atoms with Crippen LogP contribution in [0.15, 0.2) is 89.9 Å². The Morgan fingerprint density at radius 3 is 2.05 bits per heavy atom. The highest BCUT2D eigenvalue weighted by atomic mass is 19.2. The Hall–Kier alpha value is -4.52. The number of halogens is 2. The number of nitrogens with one attached hydrogen (secondary N) is 1. The lowest BCUT2D eigenvalue weighted by Gasteiger charge is -2.41. The van der Waals surface area contributed by atoms with Crippen molar-refractivity contribution in [2.45, 2.75) is 27.7 Å². The van der Waals surface area contributed by atoms with E-state index in [2.05, 4.69) is 4.98 Å². The second-order valence-electron chi connectivity index (χ2n) is 10.5. The molecule has 7 rings (SSSR count). The molecule has 1 aromatic heterocycles. The molecule has 0 amide bonds. The molecule has 2 aliphatic heterocycles. The van der Waals surface area contributed by atoms with Gasteiger partial charge in [-0.2, -0.15) is 0 Å². The molecule has 0 saturated heterocycles. The largest absolute Gasteiger partial charge is 0.738 e. The van der Waals surface area contributed by atoms with Crippen molar-refractivity contribution in [1.82, 2.24) is 4.98 Å². The number of benzene rings is 4. The maximum Gasteiger partial charge on any atom is 0.738 e. The van der Waals surface area contributed by atoms with Crippen LogP contribution in [0.3, 0.4) is 0 Å². The van der Waals surface area contributed by atoms with Crippen LogP contribution in [-0.2, 0) is 0 Å². The molecule has 5 aromatic rings. The Bertz CT molecular complexity index is 1860. The van der Waals surface area contributed by atoms with Gasteiger partial charge in [0.25, 0.3) is 0 Å². The number of aliphatic imine (C=N–C) groups is 1. The first-order valence-electron chi connectivity index (χ1n) is 13.2. The van der Waals surface area contributed by atoms with E-state index in [0.717, 1.165) is 38.8 Å². The number of rotatable bonds is 2. The Kier molecular flexibility index (Phi) is 4.98. The summed E-state index contributed by atoms with van der Waals surface area (Å²) in [5.41, 5.74) is 9.01. The smallest absolute Gasteiger partial charge is 0.389 e. The van der Waals surface area contributed by atoms with E-state index in [4.69, 9.17) is 4.99 Å². The summed E-state index contributed by atoms with van der Waals surface area (Å²) in [5.74, 6) is 0. The van der Waals surface area contributed by atoms with Crippen molar-refractivity contribution in [3.8, 4) is 0 Å². The van der Waals surface area contributed by atoms with Gasteiger partial charge in [-0.1, -0.05) is 66.7 Å². The molecule has 192 valence electrons. The van der Waals surface area contributed by atoms with Crippen LogP contribution >= 0.6 is 0 Å². The number of aryl methyl sites for hydroxylation is 4. The molecule has 0 spiro atoms. The highest BCUT2D eigenvalue weighted by molar-refractivity contribution is 6.71. The highest BCUT2D eigenvalue weighted by Gasteiger charge is 2.60. The third kappa shape index (κ3) is 3.22. The number of aromatic amines is 1. The lowest BCUT2D eigenvalue weighted by atomic mass is 9.83. The molecule has 4 nitrogen and oxygen atoms in total. The molecule has 2 aliphatic rings. The first kappa shape index (κ1) is 23.6. The Balaban J connectivity index is 1.64. The van der Waals surface area contributed by atoms with Gasteiger partial charge in [0, 0.05) is 22.7 Å². The summed E-state index contributed by atoms with van der Waals surface area (Å²) >= 11 is 0. The van der Waals surface area contributed by atoms with Crippen molar-refractivity contribution in [1.29, 1.82) is 0 Å². The molecule has 39 heavy (non-hydrogen) atoms. The molecule has 1 N–H and O–H groups in total. The summed E-state index contributed by atoms with van der Waals surface area (Å²) < 4.78 is 35.9. The number of hydrogen-bond acceptors (Lipinski definition) is 2. The van der Waals surface area contributed by atoms with E-state index in [9.17, 15) is 0 Å². The topological polar surface area (TPSA) is 34.4 Å². The molecule has 0 saturated carbocycles. The van der Waals surface area contributed by atoms with Crippen LogP contribution in [-0.4, -0.2) is 27.9 Å². The van der Waals surface area contributed by atoms with E-state index in [1.54, 1.807) is 6.07 Å². The number of fused-ring (bicyclic) bond motifs is 6. The second-order valence-corrected chi connectivity index (χ2v) is 10.5. The first-order valence-corrected chi connectivity index (χ1v) is 13.2. The third-order valence-electron chi connectivity index (χ3n) is 8.01. The molecule has 0 aliphatic carbocycles. The van der Waals surface area contributed by atoms with Gasteiger partial charge in [-0.3, -0.25) is 0 Å². The number of anilines is 2. The van der Waals surface area contributed by atoms with Gasteiger partial charge in [0.05, 0.1) is 16.9 Å². The summed E-state index contributed by atoms with van der Waals surface area (Å²) in [5, 5.41) is 0.756. The van der Waals surface area contributed by atoms with Gasteiger partial charge in [-0.25, -0.2) is 4.99 Å². The Morgan fingerprint density at radius 1 is 0.718 bits per heavy atom. The molecular weight excluding hydrogens is 489 g/mol. The predicted octanol–water partition coefficient (Wildman–Crippen LogP) is 8.20. The summed E-state index contributed by atoms with van der Waals surface area (Å²) in [7, 11) is 0. The van der Waals surface area contributed by atoms with Crippen molar-refractivity contribution >= 4 is 52.0 Å². The minimum atomic E-state index is -4.31. The zero-order chi connectivity index (χ0) is 27.1. The van der Waals surface area contributed by atoms with Gasteiger partial charge in [-0.05, 0) is 62.1 Å². The van der Waals surface area contributed by atoms with Crippen LogP contribution in [0.2, 0.25) is 0 Å². The third-order valence-corrected chi connectivity index (χ3v) is 8.01. The quantitative estimate of drug-likeness (QED) is 0.236. The second kappa shape index (κ2) is 8.24. The Morgan fingerprint density at radius 2 is 1.33 bits per heavy atom. The van der Waals surface area contributed by atoms with Gasteiger partial charge < -0.3 is 22.9 Å². The van der Waals surface area contributed by atoms with Crippen LogP contribution in [0.4, 0.5) is 31.4 Å². The van der Waals surface area contributed by atoms with Crippen LogP contribution in [0.1, 0.15) is 33.5 Å². The van der Waals surface area contributed by atoms with E-state index in [1.807, 2.05) is 107 Å². The molecule has 0 fully saturated rings. The molecule has 7 heteroatoms. The van der Waals surface area contributed by atoms with E-state index in [-0.39, 0.29) is 0 Å². The van der Waals surface area contributed by atoms with Crippen LogP contribution in [0.25, 0.3) is 10.9 Å². The van der Waals surface area contributed by atoms with Gasteiger partial charge in [0.2, 0.25) is 5.71 Å². The molecule has 0 radical (unpaired) electrons. The van der Waals surface area contributed by atoms with Gasteiger partial charge in [-0.15, -0.1) is 0 Å². The number of hydrogen-bond donors (Lipinski definition) is 1. The van der Waals surface area contributed by atoms with Crippen molar-refractivity contribution in [2.24, 2.45) is 4.99 Å². The number of nitrogens with zero attached hydrogens (tertiary/aromatic N) is 3. The average molecular weight is 516 g/mol. The maximum absolute atomic E-state index is 17.3. The number of H-pyrrole nitrogens is 1. The SMILES string of the molecule is Cc1cccc(C)c1N=C1C2=[N+](c3ccccc31)[B-](F)(F)N(c1c(C)cccc1C)c1c2[nH]c2ccccc12. The summed E-state index contributed by atoms with van der Waals surface area (Å²) in [6, 6.07) is 26.8. The highest BCUT2D eigenvalue weighted by Crippen LogP contribution is 2.50. The standard InChI is InChI=1S/C32H27BF2N4/c1-19-11-9-12-20(2)27(19)37-28-24-16-6-8-18-26(24)38-32(28)29-31(23-15-5-7-17-25(23)36-29)39(33(38,34)35)30-21(3)13-10-14-22(30)4/h5-18,36H,1-4H3. The van der Waals surface area contributed by atoms with E-state index in [1.165, 1.54) is 9.30 Å². The fourth-order valence-corrected chi connectivity index (χ4v) is 6.29. The molecule has 3 heterocycles. The lowest BCUT2D eigenvalue weighted by molar-refractivity contribution is -0.322. The van der Waals surface area contributed by atoms with Gasteiger partial charge in [0.1, 0.15) is 11.4 Å². The monoisotopic (exact) mass is 516 g/mol. The van der Waals surface area contributed by atoms with Gasteiger partial charge >= 0.3 is 6.97 Å². The van der Waals surface area contributed by atoms with Crippen LogP contribution < -0.4 is 4.81 Å². The van der Waals surface area contributed by atoms with E-state index >= 15 is 8.63 Å². The van der Waals surface area contributed by atoms with Crippen molar-refractivity contribution in [3.05, 3.63) is 118 Å². The van der Waals surface area contributed by atoms with E-state index in [0.29, 0.717) is 39.7 Å². The van der Waals surface area contributed by atoms with Crippen LogP contribution in [0, 0.1) is 27.7 Å². The predicted molar refractivity (Wildman–Crippen MR) is 157 cm³/mol. The summed E-state index contributed by atoms with van der Waals surface area (Å²) in [6.07, 6.45) is 0. The lowest BCUT2D eigenvalue weighted by Crippen LogP contribution is -2.57. The molecule has 4 aromatic carbocycles. The van der Waals surface area contributed by atoms with Crippen molar-refractivity contribution in [2.75, 3.05) is 4.81 Å². The first-order chi connectivity index (χ1) is 18.8. The minimum absolute atomic E-state index is 0.414. The van der Waals surface area contributed by atoms with Gasteiger partial charge in [0.15, 0.2) is 5.69 Å². The molecular formula is C32H27BF2N4. The number of aromatic nitrogens is 1. The van der Waals surface area contributed by atoms with Crippen LogP contribution in [0.5, 0.6) is 0 Å². The summed E-state index contributed by atoms with van der Waals surface area (Å²) in [4.78, 5) is 9.92. The fraction of sp³-hybridized carbons (Fsp3) is 0.125. The molecule has 0 unspecified atom stereocenters. The number of para-hydroxylation sites is 4.